The summed E-state index contributed by atoms with van der Waals surface area (Å²) in [5.41, 5.74) is 2.62. The highest BCUT2D eigenvalue weighted by Crippen LogP contribution is 2.41. The summed E-state index contributed by atoms with van der Waals surface area (Å²) in [5.74, 6) is 0.0398. The van der Waals surface area contributed by atoms with Crippen molar-refractivity contribution in [2.45, 2.75) is 137 Å². The van der Waals surface area contributed by atoms with E-state index in [-0.39, 0.29) is 72.3 Å². The molecule has 276 valence electrons. The van der Waals surface area contributed by atoms with E-state index in [0.717, 1.165) is 33.4 Å². The predicted octanol–water partition coefficient (Wildman–Crippen LogP) is 6.88. The Morgan fingerprint density at radius 2 is 1.10 bits per heavy atom. The van der Waals surface area contributed by atoms with Gasteiger partial charge in [0.05, 0.1) is 18.6 Å². The smallest absolute Gasteiger partial charge is 0.306 e. The quantitative estimate of drug-likeness (QED) is 0.0896. The van der Waals surface area contributed by atoms with Gasteiger partial charge in [0.1, 0.15) is 24.7 Å². The van der Waals surface area contributed by atoms with Crippen LogP contribution in [0.15, 0.2) is 24.3 Å². The number of hydrogen-bond donors (Lipinski definition) is 4. The maximum atomic E-state index is 12.9. The first kappa shape index (κ1) is 42.0. The number of hydrogen-bond acceptors (Lipinski definition) is 9. The van der Waals surface area contributed by atoms with E-state index < -0.39 is 24.3 Å². The second-order valence-corrected chi connectivity index (χ2v) is 17.6. The lowest BCUT2D eigenvalue weighted by Gasteiger charge is -2.31. The number of phenolic OH excluding ortho intramolecular Hbond substituents is 2. The molecule has 0 saturated heterocycles. The molecule has 0 aromatic heterocycles. The van der Waals surface area contributed by atoms with Gasteiger partial charge >= 0.3 is 5.97 Å². The Kier molecular flexibility index (Phi) is 13.9. The summed E-state index contributed by atoms with van der Waals surface area (Å²) in [6, 6.07) is 7.77. The van der Waals surface area contributed by atoms with Gasteiger partial charge < -0.3 is 34.6 Å². The number of aliphatic hydroxyl groups is 2. The summed E-state index contributed by atoms with van der Waals surface area (Å²) < 4.78 is 16.3. The van der Waals surface area contributed by atoms with E-state index in [1.807, 2.05) is 107 Å². The number of aliphatic hydroxyl groups excluding tert-OH is 2. The maximum absolute atomic E-state index is 12.9. The molecule has 2 aromatic rings. The fraction of sp³-hybridized carbons (Fsp3) is 0.650. The number of ether oxygens (including phenoxy) is 3. The molecule has 9 nitrogen and oxygen atoms in total. The fourth-order valence-electron chi connectivity index (χ4n) is 5.64. The number of carbonyl (C=O) groups is 2. The van der Waals surface area contributed by atoms with Gasteiger partial charge in [0.15, 0.2) is 6.29 Å². The molecule has 0 heterocycles. The van der Waals surface area contributed by atoms with E-state index in [9.17, 15) is 30.0 Å². The monoisotopic (exact) mass is 686 g/mol. The third-order valence-electron chi connectivity index (χ3n) is 8.78. The molecule has 49 heavy (non-hydrogen) atoms. The van der Waals surface area contributed by atoms with Crippen molar-refractivity contribution in [2.24, 2.45) is 5.41 Å². The lowest BCUT2D eigenvalue weighted by Crippen LogP contribution is -2.42. The minimum atomic E-state index is -1.29. The average Bonchev–Trinajstić information content (AvgIpc) is 2.97. The summed E-state index contributed by atoms with van der Waals surface area (Å²) in [6.45, 7) is 23.3. The van der Waals surface area contributed by atoms with Crippen LogP contribution in [0.2, 0.25) is 0 Å². The molecular formula is C40H62O9. The molecule has 2 unspecified atom stereocenters. The van der Waals surface area contributed by atoms with Gasteiger partial charge in [0.2, 0.25) is 0 Å². The highest BCUT2D eigenvalue weighted by Gasteiger charge is 2.35. The Hall–Kier alpha value is -3.14. The number of esters is 1. The van der Waals surface area contributed by atoms with Crippen molar-refractivity contribution >= 4 is 12.4 Å². The zero-order valence-electron chi connectivity index (χ0n) is 32.0. The molecule has 0 bridgehead atoms. The molecule has 2 atom stereocenters. The minimum Gasteiger partial charge on any atom is -0.507 e. The third kappa shape index (κ3) is 12.0. The molecule has 9 heteroatoms. The highest BCUT2D eigenvalue weighted by molar-refractivity contribution is 5.70. The predicted molar refractivity (Wildman–Crippen MR) is 192 cm³/mol. The highest BCUT2D eigenvalue weighted by atomic mass is 16.6. The van der Waals surface area contributed by atoms with Crippen LogP contribution in [0.4, 0.5) is 0 Å². The summed E-state index contributed by atoms with van der Waals surface area (Å²) in [7, 11) is 0. The van der Waals surface area contributed by atoms with Crippen molar-refractivity contribution in [2.75, 3.05) is 26.4 Å². The number of aryl methyl sites for hydroxylation is 2. The largest absolute Gasteiger partial charge is 0.507 e. The molecule has 4 N–H and O–H groups in total. The molecule has 0 aliphatic heterocycles. The first-order valence-electron chi connectivity index (χ1n) is 17.2. The van der Waals surface area contributed by atoms with Gasteiger partial charge in [-0.15, -0.1) is 0 Å². The van der Waals surface area contributed by atoms with Crippen molar-refractivity contribution in [3.63, 3.8) is 0 Å². The molecule has 0 aliphatic rings. The zero-order valence-corrected chi connectivity index (χ0v) is 32.0. The van der Waals surface area contributed by atoms with Crippen molar-refractivity contribution in [1.82, 2.24) is 0 Å². The van der Waals surface area contributed by atoms with Crippen LogP contribution in [-0.4, -0.2) is 65.6 Å². The first-order valence-corrected chi connectivity index (χ1v) is 17.2. The van der Waals surface area contributed by atoms with Gasteiger partial charge in [-0.3, -0.25) is 9.59 Å². The number of aromatic hydroxyl groups is 2. The number of carbonyl (C=O) groups excluding carboxylic acids is 2. The zero-order chi connectivity index (χ0) is 37.6. The van der Waals surface area contributed by atoms with E-state index in [1.54, 1.807) is 0 Å². The van der Waals surface area contributed by atoms with Gasteiger partial charge in [-0.1, -0.05) is 107 Å². The normalized spacial score (nSPS) is 14.7. The van der Waals surface area contributed by atoms with Gasteiger partial charge in [0.25, 0.3) is 6.47 Å². The lowest BCUT2D eigenvalue weighted by atomic mass is 9.78. The average molecular weight is 687 g/mol. The standard InChI is InChI=1S/C40H62O9/c1-36(2,3)28-17-26(18-29(34(28)45)37(4,5)6)13-15-32(43)48-23-40(21-41,22-47-25-42)24-49-33(44)16-14-27-19-30(38(7,8)9)35(46)31(20-27)39(10,11)12/h17-20,25,32,41,43,45-46H,13-16,21-24H2,1-12H3. The van der Waals surface area contributed by atoms with Crippen LogP contribution in [0, 0.1) is 5.41 Å². The van der Waals surface area contributed by atoms with Crippen LogP contribution < -0.4 is 0 Å². The van der Waals surface area contributed by atoms with Crippen LogP contribution in [-0.2, 0) is 58.3 Å². The fourth-order valence-corrected chi connectivity index (χ4v) is 5.64. The van der Waals surface area contributed by atoms with Crippen LogP contribution >= 0.6 is 0 Å². The van der Waals surface area contributed by atoms with Crippen LogP contribution in [0.5, 0.6) is 11.5 Å². The molecule has 0 spiro atoms. The molecule has 2 rings (SSSR count). The second-order valence-electron chi connectivity index (χ2n) is 17.6. The van der Waals surface area contributed by atoms with E-state index in [0.29, 0.717) is 12.8 Å². The molecule has 2 aromatic carbocycles. The summed E-state index contributed by atoms with van der Waals surface area (Å²) in [6.07, 6.45) is -0.0934. The molecular weight excluding hydrogens is 624 g/mol. The van der Waals surface area contributed by atoms with Gasteiger partial charge in [-0.25, -0.2) is 0 Å². The van der Waals surface area contributed by atoms with E-state index in [4.69, 9.17) is 14.2 Å². The maximum Gasteiger partial charge on any atom is 0.306 e. The van der Waals surface area contributed by atoms with Crippen LogP contribution in [0.1, 0.15) is 129 Å². The number of rotatable bonds is 15. The Bertz CT molecular complexity index is 1350. The molecule has 0 fully saturated rings. The third-order valence-corrected chi connectivity index (χ3v) is 8.78. The van der Waals surface area contributed by atoms with Crippen LogP contribution in [0.3, 0.4) is 0 Å². The minimum absolute atomic E-state index is 0.0528. The van der Waals surface area contributed by atoms with Crippen molar-refractivity contribution in [1.29, 1.82) is 0 Å². The van der Waals surface area contributed by atoms with E-state index in [2.05, 4.69) is 0 Å². The van der Waals surface area contributed by atoms with Gasteiger partial charge in [0, 0.05) is 12.8 Å². The summed E-state index contributed by atoms with van der Waals surface area (Å²) >= 11 is 0. The van der Waals surface area contributed by atoms with Crippen LogP contribution in [0.25, 0.3) is 0 Å². The number of benzene rings is 2. The molecule has 0 saturated carbocycles. The molecule has 0 radical (unpaired) electrons. The van der Waals surface area contributed by atoms with Gasteiger partial charge in [-0.2, -0.15) is 0 Å². The summed E-state index contributed by atoms with van der Waals surface area (Å²) in [4.78, 5) is 24.0. The molecule has 0 amide bonds. The van der Waals surface area contributed by atoms with Crippen molar-refractivity contribution in [3.8, 4) is 11.5 Å². The first-order chi connectivity index (χ1) is 22.3. The Labute approximate surface area is 294 Å². The second kappa shape index (κ2) is 16.3. The topological polar surface area (TPSA) is 143 Å². The lowest BCUT2D eigenvalue weighted by molar-refractivity contribution is -0.171. The molecule has 0 aliphatic carbocycles. The van der Waals surface area contributed by atoms with Crippen molar-refractivity contribution in [3.05, 3.63) is 57.6 Å². The van der Waals surface area contributed by atoms with E-state index in [1.165, 1.54) is 0 Å². The Balaban J connectivity index is 2.12. The Morgan fingerprint density at radius 1 is 0.694 bits per heavy atom. The van der Waals surface area contributed by atoms with E-state index >= 15 is 0 Å². The van der Waals surface area contributed by atoms with Crippen molar-refractivity contribution < 1.29 is 44.2 Å². The number of phenols is 2. The Morgan fingerprint density at radius 3 is 1.47 bits per heavy atom. The van der Waals surface area contributed by atoms with Gasteiger partial charge in [-0.05, 0) is 67.9 Å². The summed E-state index contributed by atoms with van der Waals surface area (Å²) in [5, 5.41) is 43.2. The SMILES string of the molecule is CC(C)(C)c1cc(CCC(=O)OCC(CO)(COC=O)COC(O)CCc2cc(C(C)(C)C)c(O)c(C(C)(C)C)c2)cc(C(C)(C)C)c1O.